The summed E-state index contributed by atoms with van der Waals surface area (Å²) in [5.41, 5.74) is 0.0884. The zero-order valence-corrected chi connectivity index (χ0v) is 8.49. The van der Waals surface area contributed by atoms with E-state index in [9.17, 15) is 13.2 Å². The van der Waals surface area contributed by atoms with E-state index in [2.05, 4.69) is 0 Å². The number of hydrogen-bond acceptors (Lipinski definition) is 4. The third-order valence-corrected chi connectivity index (χ3v) is 2.38. The molecule has 5 heteroatoms. The van der Waals surface area contributed by atoms with Crippen LogP contribution in [0, 0.1) is 0 Å². The van der Waals surface area contributed by atoms with Gasteiger partial charge in [0.25, 0.3) is 0 Å². The Morgan fingerprint density at radius 2 is 2.00 bits per heavy atom. The number of hydrogen-bond donors (Lipinski definition) is 1. The largest absolute Gasteiger partial charge is 0.462 e. The zero-order chi connectivity index (χ0) is 10.6. The molecule has 4 nitrogen and oxygen atoms in total. The highest BCUT2D eigenvalue weighted by Gasteiger charge is 2.12. The van der Waals surface area contributed by atoms with Gasteiger partial charge in [0.15, 0.2) is 10.7 Å². The van der Waals surface area contributed by atoms with Crippen molar-refractivity contribution in [2.24, 2.45) is 0 Å². The van der Waals surface area contributed by atoms with Crippen molar-refractivity contribution in [3.63, 3.8) is 0 Å². The topological polar surface area (TPSA) is 60.4 Å². The Hall–Kier alpha value is -1.36. The first-order valence-electron chi connectivity index (χ1n) is 4.07. The van der Waals surface area contributed by atoms with Crippen molar-refractivity contribution in [3.05, 3.63) is 29.8 Å². The van der Waals surface area contributed by atoms with E-state index in [4.69, 9.17) is 4.74 Å². The quantitative estimate of drug-likeness (QED) is 0.598. The van der Waals surface area contributed by atoms with Crippen molar-refractivity contribution in [2.75, 3.05) is 6.61 Å². The molecule has 0 atom stereocenters. The van der Waals surface area contributed by atoms with Gasteiger partial charge in [-0.15, -0.1) is 0 Å². The molecule has 0 fully saturated rings. The Kier molecular flexibility index (Phi) is 3.64. The molecule has 0 radical (unpaired) electrons. The highest BCUT2D eigenvalue weighted by molar-refractivity contribution is 7.72. The Balaban J connectivity index is 3.13. The van der Waals surface area contributed by atoms with Gasteiger partial charge in [0.05, 0.1) is 17.1 Å². The molecule has 14 heavy (non-hydrogen) atoms. The summed E-state index contributed by atoms with van der Waals surface area (Å²) in [6.45, 7) is 1.89. The van der Waals surface area contributed by atoms with Crippen LogP contribution in [0.2, 0.25) is 0 Å². The molecule has 1 aromatic rings. The van der Waals surface area contributed by atoms with Crippen LogP contribution in [-0.4, -0.2) is 21.0 Å². The SMILES string of the molecule is CCOC(=O)c1ccccc1[SH](=O)=O. The fraction of sp³-hybridized carbons (Fsp3) is 0.222. The Labute approximate surface area is 83.5 Å². The van der Waals surface area contributed by atoms with Gasteiger partial charge in [-0.05, 0) is 19.1 Å². The van der Waals surface area contributed by atoms with Crippen molar-refractivity contribution < 1.29 is 17.9 Å². The molecule has 0 spiro atoms. The summed E-state index contributed by atoms with van der Waals surface area (Å²) in [4.78, 5) is 11.3. The average Bonchev–Trinajstić information content (AvgIpc) is 2.18. The maximum Gasteiger partial charge on any atom is 0.339 e. The van der Waals surface area contributed by atoms with Crippen molar-refractivity contribution in [1.82, 2.24) is 0 Å². The summed E-state index contributed by atoms with van der Waals surface area (Å²) in [5.74, 6) is -0.609. The molecule has 0 aliphatic heterocycles. The second kappa shape index (κ2) is 4.76. The average molecular weight is 214 g/mol. The van der Waals surface area contributed by atoms with Crippen LogP contribution < -0.4 is 0 Å². The van der Waals surface area contributed by atoms with Crippen LogP contribution in [0.5, 0.6) is 0 Å². The molecule has 0 aliphatic rings. The molecule has 0 amide bonds. The zero-order valence-electron chi connectivity index (χ0n) is 7.60. The van der Waals surface area contributed by atoms with Gasteiger partial charge in [-0.1, -0.05) is 12.1 Å². The van der Waals surface area contributed by atoms with Crippen molar-refractivity contribution in [3.8, 4) is 0 Å². The number of benzene rings is 1. The molecule has 0 aromatic heterocycles. The highest BCUT2D eigenvalue weighted by Crippen LogP contribution is 2.11. The van der Waals surface area contributed by atoms with Crippen LogP contribution in [0.3, 0.4) is 0 Å². The number of rotatable bonds is 3. The first kappa shape index (κ1) is 10.7. The van der Waals surface area contributed by atoms with Gasteiger partial charge in [-0.25, -0.2) is 13.2 Å². The number of carbonyl (C=O) groups is 1. The molecule has 76 valence electrons. The van der Waals surface area contributed by atoms with E-state index in [1.165, 1.54) is 12.1 Å². The van der Waals surface area contributed by atoms with Gasteiger partial charge in [-0.2, -0.15) is 0 Å². The van der Waals surface area contributed by atoms with Gasteiger partial charge in [-0.3, -0.25) is 0 Å². The first-order chi connectivity index (χ1) is 6.66. The van der Waals surface area contributed by atoms with Crippen molar-refractivity contribution in [2.45, 2.75) is 11.8 Å². The molecule has 0 saturated heterocycles. The predicted octanol–water partition coefficient (Wildman–Crippen LogP) is 0.834. The summed E-state index contributed by atoms with van der Waals surface area (Å²) in [5, 5.41) is 0. The number of esters is 1. The maximum atomic E-state index is 11.3. The van der Waals surface area contributed by atoms with Gasteiger partial charge < -0.3 is 4.74 Å². The van der Waals surface area contributed by atoms with E-state index in [1.54, 1.807) is 19.1 Å². The Morgan fingerprint density at radius 3 is 2.57 bits per heavy atom. The minimum Gasteiger partial charge on any atom is -0.462 e. The minimum absolute atomic E-state index is 0.000880. The van der Waals surface area contributed by atoms with Crippen LogP contribution in [0.4, 0.5) is 0 Å². The molecule has 0 aliphatic carbocycles. The summed E-state index contributed by atoms with van der Waals surface area (Å²) >= 11 is 0. The van der Waals surface area contributed by atoms with Gasteiger partial charge >= 0.3 is 5.97 Å². The lowest BCUT2D eigenvalue weighted by molar-refractivity contribution is 0.0522. The smallest absolute Gasteiger partial charge is 0.339 e. The summed E-state index contributed by atoms with van der Waals surface area (Å²) < 4.78 is 26.2. The molecule has 0 saturated carbocycles. The van der Waals surface area contributed by atoms with Crippen LogP contribution >= 0.6 is 0 Å². The predicted molar refractivity (Wildman–Crippen MR) is 51.0 cm³/mol. The molecule has 0 heterocycles. The molecule has 0 N–H and O–H groups in total. The van der Waals surface area contributed by atoms with Gasteiger partial charge in [0, 0.05) is 0 Å². The fourth-order valence-electron chi connectivity index (χ4n) is 1.01. The van der Waals surface area contributed by atoms with Gasteiger partial charge in [0.2, 0.25) is 0 Å². The lowest BCUT2D eigenvalue weighted by Crippen LogP contribution is -2.07. The Bertz CT molecular complexity index is 401. The lowest BCUT2D eigenvalue weighted by atomic mass is 10.2. The molecular weight excluding hydrogens is 204 g/mol. The van der Waals surface area contributed by atoms with Crippen LogP contribution in [0.1, 0.15) is 17.3 Å². The van der Waals surface area contributed by atoms with Crippen molar-refractivity contribution >= 4 is 16.7 Å². The van der Waals surface area contributed by atoms with E-state index in [0.29, 0.717) is 0 Å². The standard InChI is InChI=1S/C9H10O4S/c1-2-13-9(10)7-5-3-4-6-8(7)14(11)12/h3-6,14H,2H2,1H3. The van der Waals surface area contributed by atoms with E-state index in [1.807, 2.05) is 0 Å². The third-order valence-electron chi connectivity index (χ3n) is 1.60. The van der Waals surface area contributed by atoms with Crippen LogP contribution in [0.15, 0.2) is 29.2 Å². The Morgan fingerprint density at radius 1 is 1.36 bits per heavy atom. The number of thiol groups is 1. The van der Waals surface area contributed by atoms with E-state index in [-0.39, 0.29) is 17.1 Å². The van der Waals surface area contributed by atoms with E-state index >= 15 is 0 Å². The first-order valence-corrected chi connectivity index (χ1v) is 5.25. The number of ether oxygens (including phenoxy) is 1. The molecular formula is C9H10O4S. The van der Waals surface area contributed by atoms with Gasteiger partial charge in [0.1, 0.15) is 0 Å². The number of carbonyl (C=O) groups excluding carboxylic acids is 1. The second-order valence-corrected chi connectivity index (χ2v) is 3.49. The minimum atomic E-state index is -2.76. The fourth-order valence-corrected chi connectivity index (χ4v) is 1.58. The normalized spacial score (nSPS) is 10.1. The molecule has 1 aromatic carbocycles. The molecule has 1 rings (SSSR count). The second-order valence-electron chi connectivity index (χ2n) is 2.49. The van der Waals surface area contributed by atoms with Crippen molar-refractivity contribution in [1.29, 1.82) is 0 Å². The van der Waals surface area contributed by atoms with E-state index in [0.717, 1.165) is 0 Å². The van der Waals surface area contributed by atoms with E-state index < -0.39 is 16.7 Å². The summed E-state index contributed by atoms with van der Waals surface area (Å²) in [6, 6.07) is 5.95. The lowest BCUT2D eigenvalue weighted by Gasteiger charge is -2.02. The highest BCUT2D eigenvalue weighted by atomic mass is 32.2. The third kappa shape index (κ3) is 2.32. The monoisotopic (exact) mass is 214 g/mol. The molecule has 0 bridgehead atoms. The molecule has 0 unspecified atom stereocenters. The summed E-state index contributed by atoms with van der Waals surface area (Å²) in [7, 11) is -2.76. The summed E-state index contributed by atoms with van der Waals surface area (Å²) in [6.07, 6.45) is 0. The van der Waals surface area contributed by atoms with Crippen LogP contribution in [0.25, 0.3) is 0 Å². The van der Waals surface area contributed by atoms with Crippen LogP contribution in [-0.2, 0) is 15.4 Å². The maximum absolute atomic E-state index is 11.3.